The van der Waals surface area contributed by atoms with E-state index in [1.54, 1.807) is 12.1 Å². The summed E-state index contributed by atoms with van der Waals surface area (Å²) in [7, 11) is 2.98. The molecule has 9 nitrogen and oxygen atoms in total. The highest BCUT2D eigenvalue weighted by Crippen LogP contribution is 2.29. The van der Waals surface area contributed by atoms with Crippen LogP contribution in [0, 0.1) is 13.8 Å². The zero-order valence-electron chi connectivity index (χ0n) is 20.7. The first-order valence-corrected chi connectivity index (χ1v) is 11.8. The number of benzene rings is 2. The van der Waals surface area contributed by atoms with Crippen LogP contribution in [-0.4, -0.2) is 60.8 Å². The molecular formula is C26H32N4O5. The Labute approximate surface area is 203 Å². The van der Waals surface area contributed by atoms with E-state index in [1.807, 2.05) is 4.90 Å². The van der Waals surface area contributed by atoms with Gasteiger partial charge in [0.05, 0.1) is 25.1 Å². The number of carbonyl (C=O) groups excluding carboxylic acids is 1. The van der Waals surface area contributed by atoms with Gasteiger partial charge in [-0.3, -0.25) is 14.2 Å². The monoisotopic (exact) mass is 480 g/mol. The van der Waals surface area contributed by atoms with Crippen molar-refractivity contribution in [3.05, 3.63) is 62.3 Å². The lowest BCUT2D eigenvalue weighted by atomic mass is 10.1. The van der Waals surface area contributed by atoms with E-state index in [9.17, 15) is 14.4 Å². The zero-order valence-corrected chi connectivity index (χ0v) is 20.7. The van der Waals surface area contributed by atoms with Crippen LogP contribution in [0.2, 0.25) is 0 Å². The number of rotatable bonds is 7. The zero-order chi connectivity index (χ0) is 25.1. The molecule has 1 saturated heterocycles. The van der Waals surface area contributed by atoms with Gasteiger partial charge in [0.2, 0.25) is 5.91 Å². The molecule has 0 aliphatic carbocycles. The molecule has 0 unspecified atom stereocenters. The van der Waals surface area contributed by atoms with Gasteiger partial charge in [-0.15, -0.1) is 0 Å². The van der Waals surface area contributed by atoms with Gasteiger partial charge < -0.3 is 24.3 Å². The topological polar surface area (TPSA) is 96.9 Å². The number of aromatic amines is 1. The van der Waals surface area contributed by atoms with E-state index in [4.69, 9.17) is 9.47 Å². The van der Waals surface area contributed by atoms with Crippen LogP contribution >= 0.6 is 0 Å². The molecule has 0 saturated carbocycles. The van der Waals surface area contributed by atoms with E-state index in [0.717, 1.165) is 17.7 Å². The summed E-state index contributed by atoms with van der Waals surface area (Å²) in [4.78, 5) is 45.2. The summed E-state index contributed by atoms with van der Waals surface area (Å²) in [5, 5.41) is 0.330. The van der Waals surface area contributed by atoms with Crippen LogP contribution in [0.5, 0.6) is 11.5 Å². The third-order valence-corrected chi connectivity index (χ3v) is 6.81. The minimum atomic E-state index is -0.510. The average molecular weight is 481 g/mol. The van der Waals surface area contributed by atoms with Gasteiger partial charge in [0, 0.05) is 50.9 Å². The third kappa shape index (κ3) is 4.89. The van der Waals surface area contributed by atoms with E-state index in [1.165, 1.54) is 31.0 Å². The molecule has 3 aromatic rings. The Morgan fingerprint density at radius 1 is 1.00 bits per heavy atom. The number of ether oxygens (including phenoxy) is 2. The Bertz CT molecular complexity index is 1350. The molecule has 2 heterocycles. The second-order valence-electron chi connectivity index (χ2n) is 8.83. The number of piperazine rings is 1. The maximum Gasteiger partial charge on any atom is 0.328 e. The number of aryl methyl sites for hydroxylation is 1. The molecule has 1 amide bonds. The second-order valence-corrected chi connectivity index (χ2v) is 8.83. The predicted molar refractivity (Wildman–Crippen MR) is 136 cm³/mol. The lowest BCUT2D eigenvalue weighted by molar-refractivity contribution is -0.131. The number of methoxy groups -OCH3 is 2. The largest absolute Gasteiger partial charge is 0.493 e. The van der Waals surface area contributed by atoms with Gasteiger partial charge in [0.1, 0.15) is 0 Å². The normalized spacial score (nSPS) is 13.8. The number of amides is 1. The fourth-order valence-corrected chi connectivity index (χ4v) is 4.60. The van der Waals surface area contributed by atoms with Gasteiger partial charge in [0.15, 0.2) is 11.5 Å². The number of hydrogen-bond acceptors (Lipinski definition) is 6. The van der Waals surface area contributed by atoms with Crippen molar-refractivity contribution in [2.75, 3.05) is 45.3 Å². The summed E-state index contributed by atoms with van der Waals surface area (Å²) >= 11 is 0. The van der Waals surface area contributed by atoms with Crippen LogP contribution in [0.3, 0.4) is 0 Å². The van der Waals surface area contributed by atoms with Crippen LogP contribution in [0.25, 0.3) is 10.9 Å². The van der Waals surface area contributed by atoms with Gasteiger partial charge in [-0.2, -0.15) is 0 Å². The van der Waals surface area contributed by atoms with Crippen molar-refractivity contribution in [2.45, 2.75) is 33.2 Å². The van der Waals surface area contributed by atoms with Crippen LogP contribution in [0.15, 0.2) is 39.9 Å². The summed E-state index contributed by atoms with van der Waals surface area (Å²) in [6, 6.07) is 9.44. The summed E-state index contributed by atoms with van der Waals surface area (Å²) in [5.74, 6) is 0.879. The van der Waals surface area contributed by atoms with E-state index in [2.05, 4.69) is 41.9 Å². The molecule has 0 bridgehead atoms. The molecule has 9 heteroatoms. The number of hydrogen-bond donors (Lipinski definition) is 1. The quantitative estimate of drug-likeness (QED) is 0.558. The Balaban J connectivity index is 1.38. The maximum atomic E-state index is 13.0. The standard InChI is InChI=1S/C26H32N4O5/c1-17-7-5-8-21(18(17)2)28-11-13-29(14-12-28)24(31)9-6-10-30-25(32)19-15-22(34-3)23(35-4)16-20(19)27-26(30)33/h5,7-8,15-16H,6,9-14H2,1-4H3,(H,27,33). The molecule has 35 heavy (non-hydrogen) atoms. The van der Waals surface area contributed by atoms with Crippen molar-refractivity contribution < 1.29 is 14.3 Å². The van der Waals surface area contributed by atoms with Crippen LogP contribution in [0.1, 0.15) is 24.0 Å². The fourth-order valence-electron chi connectivity index (χ4n) is 4.60. The van der Waals surface area contributed by atoms with Crippen molar-refractivity contribution in [1.29, 1.82) is 0 Å². The molecule has 4 rings (SSSR count). The van der Waals surface area contributed by atoms with Crippen molar-refractivity contribution in [1.82, 2.24) is 14.5 Å². The first kappa shape index (κ1) is 24.4. The molecule has 1 N–H and O–H groups in total. The molecule has 1 aliphatic heterocycles. The van der Waals surface area contributed by atoms with Crippen molar-refractivity contribution in [3.63, 3.8) is 0 Å². The van der Waals surface area contributed by atoms with Gasteiger partial charge in [-0.25, -0.2) is 4.79 Å². The number of carbonyl (C=O) groups is 1. The lowest BCUT2D eigenvalue weighted by Gasteiger charge is -2.37. The molecule has 0 spiro atoms. The number of aromatic nitrogens is 2. The van der Waals surface area contributed by atoms with E-state index in [-0.39, 0.29) is 18.9 Å². The Morgan fingerprint density at radius 2 is 1.69 bits per heavy atom. The van der Waals surface area contributed by atoms with E-state index < -0.39 is 11.2 Å². The van der Waals surface area contributed by atoms with Crippen LogP contribution in [0.4, 0.5) is 5.69 Å². The van der Waals surface area contributed by atoms with Gasteiger partial charge in [-0.1, -0.05) is 12.1 Å². The van der Waals surface area contributed by atoms with E-state index >= 15 is 0 Å². The SMILES string of the molecule is COc1cc2[nH]c(=O)n(CCCC(=O)N3CCN(c4cccc(C)c4C)CC3)c(=O)c2cc1OC. The van der Waals surface area contributed by atoms with Crippen LogP contribution < -0.4 is 25.6 Å². The van der Waals surface area contributed by atoms with E-state index in [0.29, 0.717) is 41.9 Å². The summed E-state index contributed by atoms with van der Waals surface area (Å²) in [6.07, 6.45) is 0.678. The summed E-state index contributed by atoms with van der Waals surface area (Å²) < 4.78 is 11.7. The van der Waals surface area contributed by atoms with Crippen LogP contribution in [-0.2, 0) is 11.3 Å². The molecule has 1 fully saturated rings. The smallest absolute Gasteiger partial charge is 0.328 e. The predicted octanol–water partition coefficient (Wildman–Crippen LogP) is 2.45. The van der Waals surface area contributed by atoms with Gasteiger partial charge in [0.25, 0.3) is 5.56 Å². The fraction of sp³-hybridized carbons (Fsp3) is 0.423. The first-order valence-electron chi connectivity index (χ1n) is 11.8. The first-order chi connectivity index (χ1) is 16.8. The molecule has 0 radical (unpaired) electrons. The maximum absolute atomic E-state index is 13.0. The number of nitrogens with one attached hydrogen (secondary N) is 1. The molecule has 0 atom stereocenters. The number of anilines is 1. The Kier molecular flexibility index (Phi) is 7.14. The Morgan fingerprint density at radius 3 is 2.37 bits per heavy atom. The van der Waals surface area contributed by atoms with Crippen molar-refractivity contribution in [2.24, 2.45) is 0 Å². The van der Waals surface area contributed by atoms with Gasteiger partial charge in [-0.05, 0) is 43.5 Å². The molecule has 186 valence electrons. The second kappa shape index (κ2) is 10.2. The lowest BCUT2D eigenvalue weighted by Crippen LogP contribution is -2.49. The highest BCUT2D eigenvalue weighted by Gasteiger charge is 2.22. The molecule has 1 aromatic heterocycles. The Hall–Kier alpha value is -3.75. The van der Waals surface area contributed by atoms with Gasteiger partial charge >= 0.3 is 5.69 Å². The highest BCUT2D eigenvalue weighted by molar-refractivity contribution is 5.81. The van der Waals surface area contributed by atoms with Crippen molar-refractivity contribution in [3.8, 4) is 11.5 Å². The summed E-state index contributed by atoms with van der Waals surface area (Å²) in [5.41, 5.74) is 3.21. The molecular weight excluding hydrogens is 448 g/mol. The van der Waals surface area contributed by atoms with Crippen molar-refractivity contribution >= 4 is 22.5 Å². The molecule has 1 aliphatic rings. The average Bonchev–Trinajstić information content (AvgIpc) is 2.87. The summed E-state index contributed by atoms with van der Waals surface area (Å²) in [6.45, 7) is 7.28. The molecule has 2 aromatic carbocycles. The highest BCUT2D eigenvalue weighted by atomic mass is 16.5. The minimum absolute atomic E-state index is 0.0438. The minimum Gasteiger partial charge on any atom is -0.493 e. The number of H-pyrrole nitrogens is 1. The number of fused-ring (bicyclic) bond motifs is 1. The number of nitrogens with zero attached hydrogens (tertiary/aromatic N) is 3. The third-order valence-electron chi connectivity index (χ3n) is 6.81.